The van der Waals surface area contributed by atoms with Gasteiger partial charge >= 0.3 is 6.18 Å². The van der Waals surface area contributed by atoms with E-state index in [1.165, 1.54) is 12.1 Å². The smallest absolute Gasteiger partial charge is 0.300 e. The number of nitrogens with zero attached hydrogens (tertiary/aromatic N) is 2. The Kier molecular flexibility index (Phi) is 3.75. The second kappa shape index (κ2) is 5.16. The molecule has 19 heavy (non-hydrogen) atoms. The Morgan fingerprint density at radius 3 is 2.63 bits per heavy atom. The summed E-state index contributed by atoms with van der Waals surface area (Å²) in [4.78, 5) is 0. The minimum absolute atomic E-state index is 0.0637. The SMILES string of the molecule is CCc1n[nH]c(=S)n1Cc1ccccc1C(F)(F)F. The molecule has 2 aromatic rings. The summed E-state index contributed by atoms with van der Waals surface area (Å²) in [6, 6.07) is 5.49. The van der Waals surface area contributed by atoms with E-state index in [1.54, 1.807) is 10.6 Å². The van der Waals surface area contributed by atoms with Gasteiger partial charge in [0.25, 0.3) is 0 Å². The standard InChI is InChI=1S/C12H12F3N3S/c1-2-10-16-17-11(19)18(10)7-8-5-3-4-6-9(8)12(13,14)15/h3-6H,2,7H2,1H3,(H,17,19). The molecule has 0 fully saturated rings. The number of aromatic amines is 1. The van der Waals surface area contributed by atoms with Crippen LogP contribution in [0, 0.1) is 4.77 Å². The van der Waals surface area contributed by atoms with Crippen LogP contribution in [0.2, 0.25) is 0 Å². The number of rotatable bonds is 3. The highest BCUT2D eigenvalue weighted by Crippen LogP contribution is 2.32. The van der Waals surface area contributed by atoms with Gasteiger partial charge in [0.1, 0.15) is 5.82 Å². The van der Waals surface area contributed by atoms with E-state index in [-0.39, 0.29) is 12.1 Å². The van der Waals surface area contributed by atoms with Crippen LogP contribution in [0.3, 0.4) is 0 Å². The lowest BCUT2D eigenvalue weighted by Gasteiger charge is -2.13. The molecular weight excluding hydrogens is 275 g/mol. The summed E-state index contributed by atoms with van der Waals surface area (Å²) in [5.41, 5.74) is -0.456. The number of nitrogens with one attached hydrogen (secondary N) is 1. The van der Waals surface area contributed by atoms with Crippen LogP contribution in [0.1, 0.15) is 23.9 Å². The van der Waals surface area contributed by atoms with E-state index >= 15 is 0 Å². The van der Waals surface area contributed by atoms with Gasteiger partial charge in [0, 0.05) is 6.42 Å². The lowest BCUT2D eigenvalue weighted by Crippen LogP contribution is -2.13. The summed E-state index contributed by atoms with van der Waals surface area (Å²) in [6.07, 6.45) is -3.77. The summed E-state index contributed by atoms with van der Waals surface area (Å²) in [7, 11) is 0. The van der Waals surface area contributed by atoms with Crippen molar-refractivity contribution >= 4 is 12.2 Å². The van der Waals surface area contributed by atoms with Crippen LogP contribution in [0.4, 0.5) is 13.2 Å². The Labute approximate surface area is 113 Å². The maximum absolute atomic E-state index is 12.9. The van der Waals surface area contributed by atoms with Gasteiger partial charge in [0.05, 0.1) is 12.1 Å². The summed E-state index contributed by atoms with van der Waals surface area (Å²) >= 11 is 5.04. The van der Waals surface area contributed by atoms with Crippen molar-refractivity contribution in [3.63, 3.8) is 0 Å². The van der Waals surface area contributed by atoms with Crippen molar-refractivity contribution in [2.45, 2.75) is 26.1 Å². The second-order valence-electron chi connectivity index (χ2n) is 4.04. The number of benzene rings is 1. The number of H-pyrrole nitrogens is 1. The predicted molar refractivity (Wildman–Crippen MR) is 67.3 cm³/mol. The van der Waals surface area contributed by atoms with E-state index < -0.39 is 11.7 Å². The number of hydrogen-bond donors (Lipinski definition) is 1. The fraction of sp³-hybridized carbons (Fsp3) is 0.333. The van der Waals surface area contributed by atoms with Crippen LogP contribution < -0.4 is 0 Å². The Balaban J connectivity index is 2.44. The highest BCUT2D eigenvalue weighted by Gasteiger charge is 2.33. The quantitative estimate of drug-likeness (QED) is 0.876. The lowest BCUT2D eigenvalue weighted by molar-refractivity contribution is -0.138. The van der Waals surface area contributed by atoms with Gasteiger partial charge < -0.3 is 0 Å². The van der Waals surface area contributed by atoms with E-state index in [1.807, 2.05) is 6.92 Å². The van der Waals surface area contributed by atoms with Crippen LogP contribution >= 0.6 is 12.2 Å². The van der Waals surface area contributed by atoms with Crippen molar-refractivity contribution in [1.29, 1.82) is 0 Å². The van der Waals surface area contributed by atoms with Crippen molar-refractivity contribution in [2.75, 3.05) is 0 Å². The molecule has 2 rings (SSSR count). The largest absolute Gasteiger partial charge is 0.416 e. The molecule has 1 aromatic carbocycles. The molecule has 0 spiro atoms. The third-order valence-corrected chi connectivity index (χ3v) is 3.12. The van der Waals surface area contributed by atoms with Crippen molar-refractivity contribution in [1.82, 2.24) is 14.8 Å². The average Bonchev–Trinajstić information content (AvgIpc) is 2.70. The van der Waals surface area contributed by atoms with Gasteiger partial charge in [0.2, 0.25) is 0 Å². The van der Waals surface area contributed by atoms with Gasteiger partial charge in [-0.05, 0) is 23.8 Å². The molecule has 1 aromatic heterocycles. The third kappa shape index (κ3) is 2.86. The Bertz CT molecular complexity index is 628. The lowest BCUT2D eigenvalue weighted by atomic mass is 10.1. The molecule has 0 aliphatic rings. The summed E-state index contributed by atoms with van der Waals surface area (Å²) < 4.78 is 40.6. The van der Waals surface area contributed by atoms with Crippen molar-refractivity contribution in [3.8, 4) is 0 Å². The number of halogens is 3. The normalized spacial score (nSPS) is 11.8. The molecule has 1 N–H and O–H groups in total. The van der Waals surface area contributed by atoms with Crippen LogP contribution in [0.15, 0.2) is 24.3 Å². The van der Waals surface area contributed by atoms with Crippen molar-refractivity contribution in [2.24, 2.45) is 0 Å². The third-order valence-electron chi connectivity index (χ3n) is 2.80. The van der Waals surface area contributed by atoms with Crippen LogP contribution in [-0.4, -0.2) is 14.8 Å². The summed E-state index contributed by atoms with van der Waals surface area (Å²) in [5.74, 6) is 0.641. The zero-order valence-corrected chi connectivity index (χ0v) is 11.0. The molecule has 0 amide bonds. The Morgan fingerprint density at radius 1 is 1.32 bits per heavy atom. The number of aryl methyl sites for hydroxylation is 1. The minimum atomic E-state index is -4.37. The highest BCUT2D eigenvalue weighted by molar-refractivity contribution is 7.71. The van der Waals surface area contributed by atoms with Crippen molar-refractivity contribution in [3.05, 3.63) is 46.0 Å². The summed E-state index contributed by atoms with van der Waals surface area (Å²) in [6.45, 7) is 1.94. The molecular formula is C12H12F3N3S. The fourth-order valence-corrected chi connectivity index (χ4v) is 2.10. The van der Waals surface area contributed by atoms with Crippen LogP contribution in [0.5, 0.6) is 0 Å². The van der Waals surface area contributed by atoms with Crippen molar-refractivity contribution < 1.29 is 13.2 Å². The zero-order valence-electron chi connectivity index (χ0n) is 10.2. The first kappa shape index (κ1) is 13.8. The number of aromatic nitrogens is 3. The second-order valence-corrected chi connectivity index (χ2v) is 4.43. The molecule has 0 radical (unpaired) electrons. The molecule has 102 valence electrons. The van der Waals surface area contributed by atoms with E-state index in [2.05, 4.69) is 10.2 Å². The number of hydrogen-bond acceptors (Lipinski definition) is 2. The molecule has 7 heteroatoms. The van der Waals surface area contributed by atoms with Gasteiger partial charge in [0.15, 0.2) is 4.77 Å². The molecule has 0 aliphatic heterocycles. The monoisotopic (exact) mass is 287 g/mol. The maximum atomic E-state index is 12.9. The van der Waals surface area contributed by atoms with Gasteiger partial charge in [-0.25, -0.2) is 0 Å². The maximum Gasteiger partial charge on any atom is 0.416 e. The predicted octanol–water partition coefficient (Wildman–Crippen LogP) is 3.57. The molecule has 0 aliphatic carbocycles. The average molecular weight is 287 g/mol. The van der Waals surface area contributed by atoms with Gasteiger partial charge in [-0.3, -0.25) is 9.67 Å². The molecule has 0 unspecified atom stereocenters. The Morgan fingerprint density at radius 2 is 2.00 bits per heavy atom. The van der Waals surface area contributed by atoms with E-state index in [0.29, 0.717) is 17.0 Å². The van der Waals surface area contributed by atoms with Gasteiger partial charge in [-0.2, -0.15) is 18.3 Å². The number of alkyl halides is 3. The van der Waals surface area contributed by atoms with Gasteiger partial charge in [-0.15, -0.1) is 0 Å². The van der Waals surface area contributed by atoms with Gasteiger partial charge in [-0.1, -0.05) is 25.1 Å². The molecule has 0 saturated carbocycles. The Hall–Kier alpha value is -1.63. The molecule has 0 bridgehead atoms. The van der Waals surface area contributed by atoms with E-state index in [9.17, 15) is 13.2 Å². The molecule has 3 nitrogen and oxygen atoms in total. The first-order valence-electron chi connectivity index (χ1n) is 5.72. The molecule has 1 heterocycles. The first-order chi connectivity index (χ1) is 8.93. The van der Waals surface area contributed by atoms with E-state index in [4.69, 9.17) is 12.2 Å². The fourth-order valence-electron chi connectivity index (χ4n) is 1.89. The summed E-state index contributed by atoms with van der Waals surface area (Å²) in [5, 5.41) is 6.59. The van der Waals surface area contributed by atoms with Crippen LogP contribution in [-0.2, 0) is 19.1 Å². The van der Waals surface area contributed by atoms with E-state index in [0.717, 1.165) is 6.07 Å². The minimum Gasteiger partial charge on any atom is -0.300 e. The molecule has 0 saturated heterocycles. The molecule has 0 atom stereocenters. The topological polar surface area (TPSA) is 33.6 Å². The highest BCUT2D eigenvalue weighted by atomic mass is 32.1. The van der Waals surface area contributed by atoms with Crippen LogP contribution in [0.25, 0.3) is 0 Å². The first-order valence-corrected chi connectivity index (χ1v) is 6.13. The zero-order chi connectivity index (χ0) is 14.0.